The number of aromatic nitrogens is 2. The van der Waals surface area contributed by atoms with Crippen LogP contribution in [-0.2, 0) is 13.2 Å². The summed E-state index contributed by atoms with van der Waals surface area (Å²) in [4.78, 5) is 35.9. The van der Waals surface area contributed by atoms with E-state index < -0.39 is 5.97 Å². The first-order valence-electron chi connectivity index (χ1n) is 15.2. The van der Waals surface area contributed by atoms with Crippen LogP contribution in [-0.4, -0.2) is 55.1 Å². The van der Waals surface area contributed by atoms with Crippen molar-refractivity contribution in [3.8, 4) is 28.3 Å². The highest BCUT2D eigenvalue weighted by molar-refractivity contribution is 6.09. The summed E-state index contributed by atoms with van der Waals surface area (Å²) in [5.74, 6) is -0.306. The third-order valence-corrected chi connectivity index (χ3v) is 8.01. The fourth-order valence-electron chi connectivity index (χ4n) is 5.42. The Kier molecular flexibility index (Phi) is 8.76. The molecule has 6 rings (SSSR count). The molecule has 4 aromatic rings. The lowest BCUT2D eigenvalue weighted by atomic mass is 9.89. The van der Waals surface area contributed by atoms with Gasteiger partial charge < -0.3 is 30.2 Å². The molecule has 48 heavy (non-hydrogen) atoms. The number of benzene rings is 4. The summed E-state index contributed by atoms with van der Waals surface area (Å²) < 4.78 is 14.1. The molecule has 3 aromatic carbocycles. The van der Waals surface area contributed by atoms with Gasteiger partial charge in [0, 0.05) is 72.8 Å². The number of nitrogen functional groups attached to an aromatic ring is 1. The van der Waals surface area contributed by atoms with Crippen LogP contribution in [0.15, 0.2) is 95.5 Å². The van der Waals surface area contributed by atoms with Crippen molar-refractivity contribution in [2.45, 2.75) is 13.2 Å². The summed E-state index contributed by atoms with van der Waals surface area (Å²) in [6.07, 6.45) is 1.53. The third kappa shape index (κ3) is 6.66. The number of carboxylic acids is 1. The molecule has 0 spiro atoms. The Balaban J connectivity index is 1.32. The van der Waals surface area contributed by atoms with Crippen LogP contribution in [0.4, 0.5) is 11.6 Å². The van der Waals surface area contributed by atoms with Gasteiger partial charge in [0.15, 0.2) is 0 Å². The number of anilines is 2. The minimum Gasteiger partial charge on any atom is -0.478 e. The van der Waals surface area contributed by atoms with Crippen LogP contribution in [0.25, 0.3) is 33.4 Å². The lowest BCUT2D eigenvalue weighted by Gasteiger charge is -2.19. The lowest BCUT2D eigenvalue weighted by molar-refractivity contribution is 0.0697. The first-order chi connectivity index (χ1) is 23.1. The van der Waals surface area contributed by atoms with Crippen LogP contribution in [0.3, 0.4) is 0 Å². The van der Waals surface area contributed by atoms with Gasteiger partial charge in [0.05, 0.1) is 11.6 Å². The Bertz CT molecular complexity index is 2200. The zero-order valence-electron chi connectivity index (χ0n) is 27.0. The molecule has 242 valence electrons. The minimum atomic E-state index is -1.10. The molecule has 2 aliphatic rings. The maximum atomic E-state index is 13.5. The van der Waals surface area contributed by atoms with Crippen LogP contribution < -0.4 is 30.6 Å². The first kappa shape index (κ1) is 31.7. The molecule has 0 atom stereocenters. The van der Waals surface area contributed by atoms with Crippen LogP contribution in [0.2, 0.25) is 0 Å². The Labute approximate surface area is 276 Å². The van der Waals surface area contributed by atoms with E-state index in [1.807, 2.05) is 98.3 Å². The number of amides is 1. The number of rotatable bonds is 9. The molecule has 4 N–H and O–H groups in total. The average molecular weight is 644 g/mol. The van der Waals surface area contributed by atoms with E-state index >= 15 is 0 Å². The maximum Gasteiger partial charge on any atom is 0.336 e. The van der Waals surface area contributed by atoms with E-state index in [0.717, 1.165) is 33.1 Å². The van der Waals surface area contributed by atoms with Gasteiger partial charge in [-0.2, -0.15) is 4.98 Å². The van der Waals surface area contributed by atoms with Gasteiger partial charge >= 0.3 is 5.97 Å². The van der Waals surface area contributed by atoms with E-state index in [9.17, 15) is 14.7 Å². The zero-order valence-corrected chi connectivity index (χ0v) is 27.0. The van der Waals surface area contributed by atoms with Crippen molar-refractivity contribution in [1.82, 2.24) is 19.9 Å². The van der Waals surface area contributed by atoms with Gasteiger partial charge in [-0.3, -0.25) is 4.79 Å². The predicted molar refractivity (Wildman–Crippen MR) is 185 cm³/mol. The highest BCUT2D eigenvalue weighted by atomic mass is 16.5. The summed E-state index contributed by atoms with van der Waals surface area (Å²) in [6.45, 7) is 0.569. The number of nitrogens with one attached hydrogen (secondary N) is 1. The topological polar surface area (TPSA) is 147 Å². The number of carbonyl (C=O) groups excluding carboxylic acids is 1. The highest BCUT2D eigenvalue weighted by Gasteiger charge is 2.24. The Morgan fingerprint density at radius 1 is 0.938 bits per heavy atom. The summed E-state index contributed by atoms with van der Waals surface area (Å²) in [7, 11) is 7.78. The highest BCUT2D eigenvalue weighted by Crippen LogP contribution is 2.42. The lowest BCUT2D eigenvalue weighted by Crippen LogP contribution is -2.23. The van der Waals surface area contributed by atoms with E-state index in [-0.39, 0.29) is 24.0 Å². The van der Waals surface area contributed by atoms with Crippen molar-refractivity contribution in [2.75, 3.05) is 38.8 Å². The molecule has 1 aliphatic heterocycles. The van der Waals surface area contributed by atoms with Crippen molar-refractivity contribution >= 4 is 34.5 Å². The fourth-order valence-corrected chi connectivity index (χ4v) is 5.42. The molecular weight excluding hydrogens is 608 g/mol. The number of ether oxygens (including phenoxy) is 1. The molecule has 0 bridgehead atoms. The number of aromatic carboxylic acids is 1. The summed E-state index contributed by atoms with van der Waals surface area (Å²) in [6, 6.07) is 25.6. The minimum absolute atomic E-state index is 0.0798. The number of carboxylic acid groups (broad SMARTS) is 1. The van der Waals surface area contributed by atoms with E-state index in [1.165, 1.54) is 18.3 Å². The monoisotopic (exact) mass is 643 g/mol. The van der Waals surface area contributed by atoms with E-state index in [0.29, 0.717) is 40.5 Å². The summed E-state index contributed by atoms with van der Waals surface area (Å²) in [5, 5.41) is 14.9. The van der Waals surface area contributed by atoms with Crippen LogP contribution >= 0.6 is 0 Å². The van der Waals surface area contributed by atoms with Gasteiger partial charge in [-0.1, -0.05) is 24.3 Å². The molecule has 1 aromatic heterocycles. The van der Waals surface area contributed by atoms with E-state index in [4.69, 9.17) is 14.9 Å². The largest absolute Gasteiger partial charge is 0.478 e. The Hall–Kier alpha value is -6.23. The van der Waals surface area contributed by atoms with Crippen LogP contribution in [0.5, 0.6) is 5.88 Å². The molecule has 0 radical (unpaired) electrons. The molecule has 11 heteroatoms. The maximum absolute atomic E-state index is 13.5. The molecular formula is C37H35N6O5+. The Morgan fingerprint density at radius 2 is 1.71 bits per heavy atom. The molecule has 0 saturated carbocycles. The van der Waals surface area contributed by atoms with Crippen LogP contribution in [0, 0.1) is 0 Å². The molecule has 1 amide bonds. The smallest absolute Gasteiger partial charge is 0.336 e. The van der Waals surface area contributed by atoms with Crippen molar-refractivity contribution in [3.63, 3.8) is 0 Å². The number of fused-ring (bicyclic) bond motifs is 2. The number of hydrogen-bond acceptors (Lipinski definition) is 8. The molecule has 0 unspecified atom stereocenters. The molecule has 0 saturated heterocycles. The second kappa shape index (κ2) is 13.2. The standard InChI is InChI=1S/C37H34N6O5/c1-42(2)25-10-13-28-31(18-25)48-32-19-26(43(3)4)11-14-29(32)34(28)30-17-24(9-12-27(30)36(45)46)35(44)40-20-22-5-7-23(8-6-22)21-47-33-15-16-39-37(38)41-33/h5-19H,20-21H2,1-4H3,(H3-,38,39,40,41,44,45,46)/p+1. The average Bonchev–Trinajstić information content (AvgIpc) is 3.08. The molecule has 2 heterocycles. The fraction of sp³-hybridized carbons (Fsp3) is 0.162. The number of carbonyl (C=O) groups is 2. The quantitative estimate of drug-likeness (QED) is 0.148. The predicted octanol–water partition coefficient (Wildman–Crippen LogP) is 4.88. The number of nitrogens with zero attached hydrogens (tertiary/aromatic N) is 4. The van der Waals surface area contributed by atoms with Gasteiger partial charge in [-0.15, -0.1) is 0 Å². The summed E-state index contributed by atoms with van der Waals surface area (Å²) in [5.41, 5.74) is 11.2. The van der Waals surface area contributed by atoms with Crippen molar-refractivity contribution in [1.29, 1.82) is 0 Å². The van der Waals surface area contributed by atoms with Gasteiger partial charge in [-0.25, -0.2) is 14.4 Å². The zero-order chi connectivity index (χ0) is 33.9. The number of hydrogen-bond donors (Lipinski definition) is 3. The molecule has 0 fully saturated rings. The van der Waals surface area contributed by atoms with Crippen molar-refractivity contribution < 1.29 is 23.8 Å². The van der Waals surface area contributed by atoms with Crippen molar-refractivity contribution in [2.24, 2.45) is 0 Å². The second-order valence-corrected chi connectivity index (χ2v) is 11.7. The van der Waals surface area contributed by atoms with Gasteiger partial charge in [0.25, 0.3) is 5.91 Å². The van der Waals surface area contributed by atoms with Gasteiger partial charge in [0.2, 0.25) is 17.2 Å². The molecule has 11 nitrogen and oxygen atoms in total. The Morgan fingerprint density at radius 3 is 2.42 bits per heavy atom. The van der Waals surface area contributed by atoms with Gasteiger partial charge in [0.1, 0.15) is 32.0 Å². The normalized spacial score (nSPS) is 11.0. The van der Waals surface area contributed by atoms with Crippen molar-refractivity contribution in [3.05, 3.63) is 119 Å². The first-order valence-corrected chi connectivity index (χ1v) is 15.2. The third-order valence-electron chi connectivity index (χ3n) is 8.01. The number of nitrogens with two attached hydrogens (primary N) is 1. The SMILES string of the molecule is CN(C)c1ccc2c(-c3cc(C(=O)NCc4ccc(COc5ccnc(N)n5)cc4)ccc3C(=O)O)c3ccc(=[N+](C)C)cc-3oc2c1. The summed E-state index contributed by atoms with van der Waals surface area (Å²) >= 11 is 0. The van der Waals surface area contributed by atoms with E-state index in [1.54, 1.807) is 12.1 Å². The van der Waals surface area contributed by atoms with Crippen LogP contribution in [0.1, 0.15) is 31.8 Å². The van der Waals surface area contributed by atoms with E-state index in [2.05, 4.69) is 15.3 Å². The molecule has 1 aliphatic carbocycles. The second-order valence-electron chi connectivity index (χ2n) is 11.7. The van der Waals surface area contributed by atoms with Gasteiger partial charge in [-0.05, 0) is 53.1 Å².